The summed E-state index contributed by atoms with van der Waals surface area (Å²) in [6.45, 7) is 1.84. The lowest BCUT2D eigenvalue weighted by atomic mass is 9.93. The van der Waals surface area contributed by atoms with Gasteiger partial charge in [0.2, 0.25) is 0 Å². The van der Waals surface area contributed by atoms with E-state index in [1.807, 2.05) is 6.92 Å². The van der Waals surface area contributed by atoms with Gasteiger partial charge in [0.25, 0.3) is 0 Å². The Labute approximate surface area is 77.8 Å². The summed E-state index contributed by atoms with van der Waals surface area (Å²) in [5.41, 5.74) is 0.0736. The lowest BCUT2D eigenvalue weighted by Gasteiger charge is -2.22. The minimum Gasteiger partial charge on any atom is -0.385 e. The number of aliphatic hydroxyl groups is 1. The number of nitrogens with zero attached hydrogens (tertiary/aromatic N) is 2. The van der Waals surface area contributed by atoms with Crippen molar-refractivity contribution in [2.45, 2.75) is 31.8 Å². The van der Waals surface area contributed by atoms with E-state index in [0.717, 1.165) is 12.0 Å². The Bertz CT molecular complexity index is 280. The van der Waals surface area contributed by atoms with E-state index >= 15 is 0 Å². The molecule has 2 rings (SSSR count). The van der Waals surface area contributed by atoms with Crippen LogP contribution in [0.2, 0.25) is 0 Å². The van der Waals surface area contributed by atoms with Crippen molar-refractivity contribution in [1.29, 1.82) is 0 Å². The van der Waals surface area contributed by atoms with Gasteiger partial charge in [-0.2, -0.15) is 0 Å². The van der Waals surface area contributed by atoms with Crippen molar-refractivity contribution in [3.8, 4) is 0 Å². The first-order valence-electron chi connectivity index (χ1n) is 4.66. The van der Waals surface area contributed by atoms with E-state index in [9.17, 15) is 5.11 Å². The Kier molecular flexibility index (Phi) is 2.04. The number of hydrogen-bond donors (Lipinski definition) is 1. The molecule has 13 heavy (non-hydrogen) atoms. The van der Waals surface area contributed by atoms with E-state index in [1.165, 1.54) is 19.2 Å². The first kappa shape index (κ1) is 8.63. The number of aromatic nitrogens is 2. The number of hydrogen-bond acceptors (Lipinski definition) is 3. The van der Waals surface area contributed by atoms with E-state index in [2.05, 4.69) is 9.97 Å². The first-order valence-corrected chi connectivity index (χ1v) is 4.66. The number of rotatable bonds is 3. The standard InChI is InChI=1S/C10H14N2O/c1-10(13,4-8-2-3-8)9-5-11-7-12-6-9/h5-8,13H,2-4H2,1H3. The highest BCUT2D eigenvalue weighted by molar-refractivity contribution is 5.13. The van der Waals surface area contributed by atoms with Crippen LogP contribution in [-0.2, 0) is 5.60 Å². The highest BCUT2D eigenvalue weighted by Gasteiger charge is 2.33. The van der Waals surface area contributed by atoms with E-state index in [1.54, 1.807) is 12.4 Å². The van der Waals surface area contributed by atoms with E-state index < -0.39 is 5.60 Å². The maximum atomic E-state index is 10.1. The van der Waals surface area contributed by atoms with Crippen molar-refractivity contribution in [2.75, 3.05) is 0 Å². The summed E-state index contributed by atoms with van der Waals surface area (Å²) < 4.78 is 0. The van der Waals surface area contributed by atoms with E-state index in [4.69, 9.17) is 0 Å². The van der Waals surface area contributed by atoms with Crippen LogP contribution < -0.4 is 0 Å². The monoisotopic (exact) mass is 178 g/mol. The molecule has 3 heteroatoms. The molecule has 1 heterocycles. The SMILES string of the molecule is CC(O)(CC1CC1)c1cncnc1. The Morgan fingerprint density at radius 2 is 2.08 bits per heavy atom. The molecule has 1 aromatic rings. The molecule has 0 aliphatic heterocycles. The third-order valence-corrected chi connectivity index (χ3v) is 2.57. The van der Waals surface area contributed by atoms with Gasteiger partial charge in [-0.1, -0.05) is 12.8 Å². The van der Waals surface area contributed by atoms with Crippen molar-refractivity contribution in [3.63, 3.8) is 0 Å². The summed E-state index contributed by atoms with van der Waals surface area (Å²) in [7, 11) is 0. The topological polar surface area (TPSA) is 46.0 Å². The summed E-state index contributed by atoms with van der Waals surface area (Å²) in [6.07, 6.45) is 8.20. The first-order chi connectivity index (χ1) is 6.18. The maximum absolute atomic E-state index is 10.1. The molecule has 3 nitrogen and oxygen atoms in total. The normalized spacial score (nSPS) is 21.1. The van der Waals surface area contributed by atoms with Gasteiger partial charge < -0.3 is 5.11 Å². The second kappa shape index (κ2) is 3.07. The molecule has 0 radical (unpaired) electrons. The molecule has 0 saturated heterocycles. The smallest absolute Gasteiger partial charge is 0.115 e. The van der Waals surface area contributed by atoms with Crippen LogP contribution in [0.25, 0.3) is 0 Å². The lowest BCUT2D eigenvalue weighted by Crippen LogP contribution is -2.22. The third-order valence-electron chi connectivity index (χ3n) is 2.57. The molecule has 0 amide bonds. The highest BCUT2D eigenvalue weighted by atomic mass is 16.3. The van der Waals surface area contributed by atoms with Gasteiger partial charge in [-0.05, 0) is 19.3 Å². The second-order valence-electron chi connectivity index (χ2n) is 4.05. The van der Waals surface area contributed by atoms with Crippen LogP contribution in [0.4, 0.5) is 0 Å². The molecule has 1 N–H and O–H groups in total. The molecule has 0 bridgehead atoms. The van der Waals surface area contributed by atoms with Crippen LogP contribution in [0.3, 0.4) is 0 Å². The van der Waals surface area contributed by atoms with Crippen LogP contribution in [0.1, 0.15) is 31.7 Å². The largest absolute Gasteiger partial charge is 0.385 e. The Balaban J connectivity index is 2.12. The fourth-order valence-electron chi connectivity index (χ4n) is 1.58. The van der Waals surface area contributed by atoms with E-state index in [0.29, 0.717) is 5.92 Å². The molecule has 1 atom stereocenters. The Morgan fingerprint density at radius 1 is 1.46 bits per heavy atom. The fraction of sp³-hybridized carbons (Fsp3) is 0.600. The van der Waals surface area contributed by atoms with Gasteiger partial charge in [-0.15, -0.1) is 0 Å². The zero-order chi connectivity index (χ0) is 9.31. The molecule has 1 aliphatic rings. The van der Waals surface area contributed by atoms with Crippen LogP contribution in [-0.4, -0.2) is 15.1 Å². The molecular weight excluding hydrogens is 164 g/mol. The predicted octanol–water partition coefficient (Wildman–Crippen LogP) is 1.48. The minimum absolute atomic E-state index is 0.704. The maximum Gasteiger partial charge on any atom is 0.115 e. The fourth-order valence-corrected chi connectivity index (χ4v) is 1.58. The average Bonchev–Trinajstić information content (AvgIpc) is 2.89. The zero-order valence-corrected chi connectivity index (χ0v) is 7.77. The quantitative estimate of drug-likeness (QED) is 0.762. The predicted molar refractivity (Wildman–Crippen MR) is 48.9 cm³/mol. The third kappa shape index (κ3) is 2.04. The minimum atomic E-state index is -0.748. The van der Waals surface area contributed by atoms with Gasteiger partial charge >= 0.3 is 0 Å². The van der Waals surface area contributed by atoms with Gasteiger partial charge in [0, 0.05) is 18.0 Å². The molecule has 1 saturated carbocycles. The molecule has 1 unspecified atom stereocenters. The molecule has 1 fully saturated rings. The summed E-state index contributed by atoms with van der Waals surface area (Å²) >= 11 is 0. The second-order valence-corrected chi connectivity index (χ2v) is 4.05. The van der Waals surface area contributed by atoms with Crippen molar-refractivity contribution >= 4 is 0 Å². The zero-order valence-electron chi connectivity index (χ0n) is 7.77. The van der Waals surface area contributed by atoms with Gasteiger partial charge in [0.15, 0.2) is 0 Å². The van der Waals surface area contributed by atoms with Crippen molar-refractivity contribution in [1.82, 2.24) is 9.97 Å². The van der Waals surface area contributed by atoms with Crippen molar-refractivity contribution in [2.24, 2.45) is 5.92 Å². The Morgan fingerprint density at radius 3 is 2.62 bits per heavy atom. The molecule has 1 aromatic heterocycles. The molecule has 0 aromatic carbocycles. The Hall–Kier alpha value is -0.960. The van der Waals surface area contributed by atoms with Crippen LogP contribution >= 0.6 is 0 Å². The molecule has 0 spiro atoms. The van der Waals surface area contributed by atoms with Crippen molar-refractivity contribution in [3.05, 3.63) is 24.3 Å². The van der Waals surface area contributed by atoms with Gasteiger partial charge in [0.05, 0.1) is 5.60 Å². The van der Waals surface area contributed by atoms with Crippen molar-refractivity contribution < 1.29 is 5.11 Å². The van der Waals surface area contributed by atoms with Crippen LogP contribution in [0.5, 0.6) is 0 Å². The molecule has 70 valence electrons. The van der Waals surface area contributed by atoms with E-state index in [-0.39, 0.29) is 0 Å². The lowest BCUT2D eigenvalue weighted by molar-refractivity contribution is 0.0410. The summed E-state index contributed by atoms with van der Waals surface area (Å²) in [4.78, 5) is 7.82. The van der Waals surface area contributed by atoms with Crippen LogP contribution in [0, 0.1) is 5.92 Å². The van der Waals surface area contributed by atoms with Gasteiger partial charge in [-0.25, -0.2) is 9.97 Å². The summed E-state index contributed by atoms with van der Waals surface area (Å²) in [5.74, 6) is 0.704. The van der Waals surface area contributed by atoms with Gasteiger partial charge in [0.1, 0.15) is 6.33 Å². The average molecular weight is 178 g/mol. The molecular formula is C10H14N2O. The summed E-state index contributed by atoms with van der Waals surface area (Å²) in [6, 6.07) is 0. The van der Waals surface area contributed by atoms with Crippen LogP contribution in [0.15, 0.2) is 18.7 Å². The molecule has 1 aliphatic carbocycles. The summed E-state index contributed by atoms with van der Waals surface area (Å²) in [5, 5.41) is 10.1. The van der Waals surface area contributed by atoms with Gasteiger partial charge in [-0.3, -0.25) is 0 Å². The highest BCUT2D eigenvalue weighted by Crippen LogP contribution is 2.40.